The van der Waals surface area contributed by atoms with E-state index in [1.54, 1.807) is 30.7 Å². The lowest BCUT2D eigenvalue weighted by atomic mass is 9.86. The molecule has 7 heteroatoms. The first-order valence-corrected chi connectivity index (χ1v) is 9.45. The highest BCUT2D eigenvalue weighted by molar-refractivity contribution is 5.94. The molecule has 1 aromatic carbocycles. The number of carbonyl (C=O) groups excluding carboxylic acids is 1. The predicted octanol–water partition coefficient (Wildman–Crippen LogP) is 3.76. The van der Waals surface area contributed by atoms with Gasteiger partial charge in [0.2, 0.25) is 0 Å². The fourth-order valence-corrected chi connectivity index (χ4v) is 3.82. The lowest BCUT2D eigenvalue weighted by Crippen LogP contribution is -2.41. The van der Waals surface area contributed by atoms with E-state index in [1.165, 1.54) is 19.3 Å². The summed E-state index contributed by atoms with van der Waals surface area (Å²) in [5.74, 6) is 0.478. The van der Waals surface area contributed by atoms with Crippen LogP contribution < -0.4 is 5.32 Å². The van der Waals surface area contributed by atoms with Crippen LogP contribution in [-0.2, 0) is 6.54 Å². The molecule has 1 N–H and O–H groups in total. The summed E-state index contributed by atoms with van der Waals surface area (Å²) in [5.41, 5.74) is 2.59. The highest BCUT2D eigenvalue weighted by Crippen LogP contribution is 2.24. The van der Waals surface area contributed by atoms with E-state index in [9.17, 15) is 14.9 Å². The molecule has 2 aromatic rings. The smallest absolute Gasteiger partial charge is 0.312 e. The Morgan fingerprint density at radius 2 is 1.93 bits per heavy atom. The van der Waals surface area contributed by atoms with Crippen molar-refractivity contribution in [3.63, 3.8) is 0 Å². The summed E-state index contributed by atoms with van der Waals surface area (Å²) >= 11 is 0. The van der Waals surface area contributed by atoms with Gasteiger partial charge in [-0.15, -0.1) is 0 Å². The maximum Gasteiger partial charge on any atom is 0.312 e. The summed E-state index contributed by atoms with van der Waals surface area (Å²) < 4.78 is 1.63. The monoisotopic (exact) mass is 370 g/mol. The molecule has 2 atom stereocenters. The van der Waals surface area contributed by atoms with Gasteiger partial charge in [0.15, 0.2) is 0 Å². The third kappa shape index (κ3) is 4.18. The molecule has 1 amide bonds. The van der Waals surface area contributed by atoms with Crippen molar-refractivity contribution in [1.29, 1.82) is 0 Å². The normalized spacial score (nSPS) is 19.7. The Morgan fingerprint density at radius 1 is 1.26 bits per heavy atom. The van der Waals surface area contributed by atoms with E-state index in [0.717, 1.165) is 12.0 Å². The van der Waals surface area contributed by atoms with E-state index in [-0.39, 0.29) is 17.6 Å². The fourth-order valence-electron chi connectivity index (χ4n) is 3.82. The number of nitrogens with zero attached hydrogens (tertiary/aromatic N) is 3. The highest BCUT2D eigenvalue weighted by Gasteiger charge is 2.24. The van der Waals surface area contributed by atoms with Crippen molar-refractivity contribution in [1.82, 2.24) is 15.1 Å². The summed E-state index contributed by atoms with van der Waals surface area (Å²) in [6.07, 6.45) is 4.62. The zero-order valence-electron chi connectivity index (χ0n) is 16.1. The van der Waals surface area contributed by atoms with Gasteiger partial charge in [-0.1, -0.05) is 31.9 Å². The molecule has 0 saturated heterocycles. The van der Waals surface area contributed by atoms with Crippen molar-refractivity contribution in [2.45, 2.75) is 59.0 Å². The summed E-state index contributed by atoms with van der Waals surface area (Å²) in [4.78, 5) is 23.2. The molecule has 7 nitrogen and oxygen atoms in total. The topological polar surface area (TPSA) is 90.1 Å². The lowest BCUT2D eigenvalue weighted by Gasteiger charge is -2.29. The number of hydrogen-bond acceptors (Lipinski definition) is 4. The van der Waals surface area contributed by atoms with Crippen molar-refractivity contribution < 1.29 is 9.72 Å². The fraction of sp³-hybridized carbons (Fsp3) is 0.500. The van der Waals surface area contributed by atoms with Crippen LogP contribution in [0.4, 0.5) is 5.69 Å². The minimum absolute atomic E-state index is 0.0398. The molecule has 1 aliphatic carbocycles. The predicted molar refractivity (Wildman–Crippen MR) is 103 cm³/mol. The van der Waals surface area contributed by atoms with Gasteiger partial charge in [0.1, 0.15) is 11.4 Å². The molecule has 144 valence electrons. The van der Waals surface area contributed by atoms with E-state index in [1.807, 2.05) is 12.1 Å². The first kappa shape index (κ1) is 19.1. The minimum Gasteiger partial charge on any atom is -0.349 e. The third-order valence-electron chi connectivity index (χ3n) is 5.50. The van der Waals surface area contributed by atoms with Crippen LogP contribution in [0.15, 0.2) is 24.3 Å². The molecule has 1 heterocycles. The Balaban J connectivity index is 1.68. The Labute approximate surface area is 158 Å². The van der Waals surface area contributed by atoms with E-state index < -0.39 is 4.92 Å². The largest absolute Gasteiger partial charge is 0.349 e. The van der Waals surface area contributed by atoms with Gasteiger partial charge in [-0.3, -0.25) is 19.6 Å². The van der Waals surface area contributed by atoms with Crippen LogP contribution in [-0.4, -0.2) is 26.7 Å². The maximum atomic E-state index is 12.5. The second kappa shape index (κ2) is 7.90. The molecule has 1 fully saturated rings. The SMILES string of the molecule is Cc1nn(Cc2ccc(C(=O)N[C@@H]3CCCC[C@@H]3C)cc2)c(C)c1[N+](=O)[O-]. The molecule has 0 spiro atoms. The first-order valence-electron chi connectivity index (χ1n) is 9.45. The van der Waals surface area contributed by atoms with Gasteiger partial charge in [0.25, 0.3) is 5.91 Å². The molecule has 0 radical (unpaired) electrons. The van der Waals surface area contributed by atoms with Crippen molar-refractivity contribution in [3.8, 4) is 0 Å². The van der Waals surface area contributed by atoms with Gasteiger partial charge in [0.05, 0.1) is 11.5 Å². The van der Waals surface area contributed by atoms with E-state index >= 15 is 0 Å². The van der Waals surface area contributed by atoms with Crippen molar-refractivity contribution >= 4 is 11.6 Å². The Hall–Kier alpha value is -2.70. The van der Waals surface area contributed by atoms with Gasteiger partial charge in [-0.2, -0.15) is 5.10 Å². The van der Waals surface area contributed by atoms with E-state index in [0.29, 0.717) is 29.4 Å². The summed E-state index contributed by atoms with van der Waals surface area (Å²) in [6.45, 7) is 5.97. The Kier molecular flexibility index (Phi) is 5.58. The van der Waals surface area contributed by atoms with Crippen LogP contribution >= 0.6 is 0 Å². The first-order chi connectivity index (χ1) is 12.9. The number of nitrogens with one attached hydrogen (secondary N) is 1. The molecule has 0 unspecified atom stereocenters. The number of carbonyl (C=O) groups is 1. The molecule has 0 bridgehead atoms. The molecule has 0 aliphatic heterocycles. The molecule has 1 saturated carbocycles. The van der Waals surface area contributed by atoms with E-state index in [2.05, 4.69) is 17.3 Å². The summed E-state index contributed by atoms with van der Waals surface area (Å²) in [5, 5.41) is 18.5. The van der Waals surface area contributed by atoms with Crippen LogP contribution in [0.3, 0.4) is 0 Å². The summed E-state index contributed by atoms with van der Waals surface area (Å²) in [7, 11) is 0. The quantitative estimate of drug-likeness (QED) is 0.641. The Bertz CT molecular complexity index is 842. The number of aromatic nitrogens is 2. The van der Waals surface area contributed by atoms with Crippen molar-refractivity contribution in [3.05, 3.63) is 56.9 Å². The number of benzene rings is 1. The average Bonchev–Trinajstić information content (AvgIpc) is 2.91. The van der Waals surface area contributed by atoms with Gasteiger partial charge in [-0.25, -0.2) is 0 Å². The lowest BCUT2D eigenvalue weighted by molar-refractivity contribution is -0.386. The second-order valence-electron chi connectivity index (χ2n) is 7.47. The minimum atomic E-state index is -0.395. The van der Waals surface area contributed by atoms with Crippen molar-refractivity contribution in [2.75, 3.05) is 0 Å². The molecular weight excluding hydrogens is 344 g/mol. The average molecular weight is 370 g/mol. The zero-order chi connectivity index (χ0) is 19.6. The van der Waals surface area contributed by atoms with Crippen LogP contribution in [0.5, 0.6) is 0 Å². The van der Waals surface area contributed by atoms with Crippen LogP contribution in [0.25, 0.3) is 0 Å². The highest BCUT2D eigenvalue weighted by atomic mass is 16.6. The van der Waals surface area contributed by atoms with Crippen LogP contribution in [0.1, 0.15) is 59.9 Å². The number of rotatable bonds is 5. The molecule has 1 aromatic heterocycles. The number of hydrogen-bond donors (Lipinski definition) is 1. The maximum absolute atomic E-state index is 12.5. The second-order valence-corrected chi connectivity index (χ2v) is 7.47. The molecule has 27 heavy (non-hydrogen) atoms. The molecular formula is C20H26N4O3. The zero-order valence-corrected chi connectivity index (χ0v) is 16.1. The summed E-state index contributed by atoms with van der Waals surface area (Å²) in [6, 6.07) is 7.61. The number of aryl methyl sites for hydroxylation is 1. The van der Waals surface area contributed by atoms with Crippen LogP contribution in [0, 0.1) is 29.9 Å². The standard InChI is InChI=1S/C20H26N4O3/c1-13-6-4-5-7-18(13)21-20(25)17-10-8-16(9-11-17)12-23-15(3)19(24(26)27)14(2)22-23/h8-11,13,18H,4-7,12H2,1-3H3,(H,21,25)/t13-,18+/m0/s1. The Morgan fingerprint density at radius 3 is 2.52 bits per heavy atom. The van der Waals surface area contributed by atoms with Gasteiger partial charge in [-0.05, 0) is 50.3 Å². The van der Waals surface area contributed by atoms with E-state index in [4.69, 9.17) is 0 Å². The van der Waals surface area contributed by atoms with Crippen molar-refractivity contribution in [2.24, 2.45) is 5.92 Å². The van der Waals surface area contributed by atoms with Gasteiger partial charge < -0.3 is 5.32 Å². The van der Waals surface area contributed by atoms with Gasteiger partial charge >= 0.3 is 5.69 Å². The molecule has 3 rings (SSSR count). The third-order valence-corrected chi connectivity index (χ3v) is 5.50. The van der Waals surface area contributed by atoms with Gasteiger partial charge in [0, 0.05) is 11.6 Å². The number of amides is 1. The van der Waals surface area contributed by atoms with Crippen LogP contribution in [0.2, 0.25) is 0 Å². The number of nitro groups is 1. The molecule has 1 aliphatic rings.